The highest BCUT2D eigenvalue weighted by Gasteiger charge is 2.35. The molecule has 4 heterocycles. The summed E-state index contributed by atoms with van der Waals surface area (Å²) in [6.07, 6.45) is 10.3. The standard InChI is InChI=1S/C43H41N5O6/c1-4-26-6-8-27(9-7-26)29-16-32-22-45-36-20-40(38(51-2)18-34(36)42(49)47(32)24-29)53-14-5-15-54-41-21-37-35(19-39(41)52-3)43(50)48-25-30(17-33(48)23-46-37)28-10-12-31(44)13-11-28/h6-13,18-25,32-33H,4-5,14-17,44H2,1-3H3/t32-,33-/m0/s1. The SMILES string of the molecule is CCc1ccc(C2=CN3C(=O)c4cc(OC)c(OCCCOc5cc6c(cc5OC)C(=O)N5C=C(c7ccc(N)cc7)C[C@H]5C=N6)cc4N=C[C@@H]3C2)cc1. The fourth-order valence-electron chi connectivity index (χ4n) is 7.22. The first-order chi connectivity index (χ1) is 26.3. The number of hydrogen-bond donors (Lipinski definition) is 1. The van der Waals surface area contributed by atoms with Crippen LogP contribution in [0.25, 0.3) is 11.1 Å². The van der Waals surface area contributed by atoms with Crippen LogP contribution in [0.5, 0.6) is 23.0 Å². The van der Waals surface area contributed by atoms with Gasteiger partial charge in [-0.3, -0.25) is 19.6 Å². The number of aryl methyl sites for hydroxylation is 1. The Morgan fingerprint density at radius 2 is 1.13 bits per heavy atom. The van der Waals surface area contributed by atoms with Crippen molar-refractivity contribution in [3.8, 4) is 23.0 Å². The molecule has 0 spiro atoms. The summed E-state index contributed by atoms with van der Waals surface area (Å²) in [7, 11) is 3.10. The van der Waals surface area contributed by atoms with Gasteiger partial charge in [0.1, 0.15) is 0 Å². The van der Waals surface area contributed by atoms with Gasteiger partial charge in [-0.05, 0) is 58.5 Å². The van der Waals surface area contributed by atoms with E-state index in [-0.39, 0.29) is 23.9 Å². The lowest BCUT2D eigenvalue weighted by Gasteiger charge is -2.19. The number of hydrogen-bond acceptors (Lipinski definition) is 9. The molecule has 11 heteroatoms. The molecular weight excluding hydrogens is 683 g/mol. The van der Waals surface area contributed by atoms with Crippen molar-refractivity contribution >= 4 is 52.5 Å². The van der Waals surface area contributed by atoms with Crippen molar-refractivity contribution in [3.05, 3.63) is 113 Å². The number of nitrogens with two attached hydrogens (primary N) is 1. The summed E-state index contributed by atoms with van der Waals surface area (Å²) in [5.41, 5.74) is 14.1. The fourth-order valence-corrected chi connectivity index (χ4v) is 7.22. The number of benzene rings is 4. The summed E-state index contributed by atoms with van der Waals surface area (Å²) in [5, 5.41) is 0. The molecule has 0 aliphatic carbocycles. The van der Waals surface area contributed by atoms with Gasteiger partial charge in [0, 0.05) is 61.9 Å². The van der Waals surface area contributed by atoms with Crippen LogP contribution in [-0.2, 0) is 6.42 Å². The van der Waals surface area contributed by atoms with E-state index >= 15 is 0 Å². The van der Waals surface area contributed by atoms with Gasteiger partial charge in [0.25, 0.3) is 11.8 Å². The number of carbonyl (C=O) groups is 2. The van der Waals surface area contributed by atoms with Crippen molar-refractivity contribution in [1.29, 1.82) is 0 Å². The van der Waals surface area contributed by atoms with Crippen LogP contribution in [0.2, 0.25) is 0 Å². The van der Waals surface area contributed by atoms with Crippen molar-refractivity contribution < 1.29 is 28.5 Å². The van der Waals surface area contributed by atoms with E-state index < -0.39 is 0 Å². The lowest BCUT2D eigenvalue weighted by molar-refractivity contribution is 0.0809. The second kappa shape index (κ2) is 14.6. The highest BCUT2D eigenvalue weighted by atomic mass is 16.5. The molecule has 274 valence electrons. The summed E-state index contributed by atoms with van der Waals surface area (Å²) in [6.45, 7) is 2.76. The topological polar surface area (TPSA) is 128 Å². The van der Waals surface area contributed by atoms with E-state index in [4.69, 9.17) is 34.7 Å². The third-order valence-electron chi connectivity index (χ3n) is 10.2. The normalized spacial score (nSPS) is 18.2. The maximum Gasteiger partial charge on any atom is 0.260 e. The Bertz CT molecular complexity index is 2240. The zero-order valence-electron chi connectivity index (χ0n) is 30.5. The number of methoxy groups -OCH3 is 2. The van der Waals surface area contributed by atoms with E-state index in [1.54, 1.807) is 48.3 Å². The highest BCUT2D eigenvalue weighted by Crippen LogP contribution is 2.42. The number of amides is 2. The molecule has 8 rings (SSSR count). The molecule has 0 saturated carbocycles. The molecule has 2 amide bonds. The first-order valence-corrected chi connectivity index (χ1v) is 18.1. The summed E-state index contributed by atoms with van der Waals surface area (Å²) in [6, 6.07) is 22.6. The summed E-state index contributed by atoms with van der Waals surface area (Å²) in [4.78, 5) is 40.4. The van der Waals surface area contributed by atoms with Gasteiger partial charge in [-0.2, -0.15) is 0 Å². The van der Waals surface area contributed by atoms with Gasteiger partial charge in [0.05, 0.1) is 62.0 Å². The first-order valence-electron chi connectivity index (χ1n) is 18.1. The maximum absolute atomic E-state index is 13.8. The van der Waals surface area contributed by atoms with Crippen LogP contribution >= 0.6 is 0 Å². The van der Waals surface area contributed by atoms with Crippen molar-refractivity contribution in [3.63, 3.8) is 0 Å². The Labute approximate surface area is 314 Å². The minimum atomic E-state index is -0.200. The van der Waals surface area contributed by atoms with E-state index in [9.17, 15) is 9.59 Å². The number of ether oxygens (including phenoxy) is 4. The molecule has 54 heavy (non-hydrogen) atoms. The molecule has 0 aromatic heterocycles. The maximum atomic E-state index is 13.8. The molecule has 0 unspecified atom stereocenters. The number of nitrogens with zero attached hydrogens (tertiary/aromatic N) is 4. The molecule has 11 nitrogen and oxygen atoms in total. The highest BCUT2D eigenvalue weighted by molar-refractivity contribution is 6.06. The van der Waals surface area contributed by atoms with Crippen LogP contribution in [0.3, 0.4) is 0 Å². The van der Waals surface area contributed by atoms with Gasteiger partial charge >= 0.3 is 0 Å². The zero-order chi connectivity index (χ0) is 37.3. The average molecular weight is 724 g/mol. The van der Waals surface area contributed by atoms with Crippen LogP contribution < -0.4 is 24.7 Å². The molecule has 0 radical (unpaired) electrons. The van der Waals surface area contributed by atoms with Gasteiger partial charge in [0.2, 0.25) is 0 Å². The molecule has 4 aromatic carbocycles. The third kappa shape index (κ3) is 6.57. The molecule has 0 fully saturated rings. The van der Waals surface area contributed by atoms with Crippen molar-refractivity contribution in [1.82, 2.24) is 9.80 Å². The van der Waals surface area contributed by atoms with E-state index in [0.29, 0.717) is 83.7 Å². The van der Waals surface area contributed by atoms with E-state index in [1.165, 1.54) is 5.56 Å². The predicted octanol–water partition coefficient (Wildman–Crippen LogP) is 7.64. The third-order valence-corrected chi connectivity index (χ3v) is 10.2. The van der Waals surface area contributed by atoms with Crippen LogP contribution in [0.1, 0.15) is 63.6 Å². The first kappa shape index (κ1) is 34.7. The smallest absolute Gasteiger partial charge is 0.260 e. The quantitative estimate of drug-likeness (QED) is 0.124. The second-order valence-corrected chi connectivity index (χ2v) is 13.6. The predicted molar refractivity (Wildman–Crippen MR) is 210 cm³/mol. The lowest BCUT2D eigenvalue weighted by Crippen LogP contribution is -2.32. The molecule has 2 atom stereocenters. The van der Waals surface area contributed by atoms with Gasteiger partial charge in [0.15, 0.2) is 23.0 Å². The molecule has 2 N–H and O–H groups in total. The number of carbonyl (C=O) groups excluding carboxylic acids is 2. The minimum absolute atomic E-state index is 0.133. The Kier molecular flexibility index (Phi) is 9.37. The molecule has 0 saturated heterocycles. The van der Waals surface area contributed by atoms with Crippen molar-refractivity contribution in [2.75, 3.05) is 33.2 Å². The van der Waals surface area contributed by atoms with Crippen LogP contribution in [0, 0.1) is 0 Å². The van der Waals surface area contributed by atoms with Crippen LogP contribution in [0.4, 0.5) is 17.1 Å². The van der Waals surface area contributed by atoms with E-state index in [1.807, 2.05) is 49.1 Å². The molecule has 4 aromatic rings. The Morgan fingerprint density at radius 3 is 1.57 bits per heavy atom. The molecule has 0 bridgehead atoms. The lowest BCUT2D eigenvalue weighted by atomic mass is 10.0. The Hall–Kier alpha value is -6.36. The van der Waals surface area contributed by atoms with E-state index in [2.05, 4.69) is 31.2 Å². The average Bonchev–Trinajstić information content (AvgIpc) is 3.78. The van der Waals surface area contributed by atoms with Gasteiger partial charge < -0.3 is 34.5 Å². The largest absolute Gasteiger partial charge is 0.493 e. The number of rotatable bonds is 11. The summed E-state index contributed by atoms with van der Waals surface area (Å²) >= 11 is 0. The van der Waals surface area contributed by atoms with Crippen LogP contribution in [-0.4, -0.2) is 73.6 Å². The number of nitrogen functional groups attached to an aromatic ring is 1. The number of anilines is 1. The van der Waals surface area contributed by atoms with Gasteiger partial charge in [-0.1, -0.05) is 43.3 Å². The Balaban J connectivity index is 0.909. The summed E-state index contributed by atoms with van der Waals surface area (Å²) in [5.74, 6) is 1.56. The molecule has 4 aliphatic heterocycles. The Morgan fingerprint density at radius 1 is 0.667 bits per heavy atom. The van der Waals surface area contributed by atoms with Gasteiger partial charge in [-0.15, -0.1) is 0 Å². The monoisotopic (exact) mass is 723 g/mol. The molecule has 4 aliphatic rings. The minimum Gasteiger partial charge on any atom is -0.493 e. The van der Waals surface area contributed by atoms with Crippen molar-refractivity contribution in [2.24, 2.45) is 9.98 Å². The van der Waals surface area contributed by atoms with E-state index in [0.717, 1.165) is 28.7 Å². The van der Waals surface area contributed by atoms with Gasteiger partial charge in [-0.25, -0.2) is 0 Å². The van der Waals surface area contributed by atoms with Crippen molar-refractivity contribution in [2.45, 2.75) is 44.7 Å². The summed E-state index contributed by atoms with van der Waals surface area (Å²) < 4.78 is 23.5. The fraction of sp³-hybridized carbons (Fsp3) is 0.256. The molecular formula is C43H41N5O6. The second-order valence-electron chi connectivity index (χ2n) is 13.6. The number of aliphatic imine (C=N–C) groups is 2. The number of fused-ring (bicyclic) bond motifs is 4. The zero-order valence-corrected chi connectivity index (χ0v) is 30.5. The van der Waals surface area contributed by atoms with Crippen LogP contribution in [0.15, 0.2) is 95.2 Å².